The molecule has 0 spiro atoms. The lowest BCUT2D eigenvalue weighted by atomic mass is 9.70. The zero-order valence-corrected chi connectivity index (χ0v) is 21.9. The van der Waals surface area contributed by atoms with Gasteiger partial charge < -0.3 is 35.1 Å². The average Bonchev–Trinajstić information content (AvgIpc) is 3.35. The van der Waals surface area contributed by atoms with Crippen molar-refractivity contribution in [2.45, 2.75) is 64.0 Å². The number of hydrogen-bond acceptors (Lipinski definition) is 7. The Hall–Kier alpha value is -2.92. The third-order valence-electron chi connectivity index (χ3n) is 8.42. The number of aliphatic hydroxyl groups excluding tert-OH is 1. The van der Waals surface area contributed by atoms with E-state index in [4.69, 9.17) is 14.2 Å². The van der Waals surface area contributed by atoms with Gasteiger partial charge in [-0.2, -0.15) is 0 Å². The molecular weight excluding hydrogens is 499 g/mol. The Morgan fingerprint density at radius 2 is 1.84 bits per heavy atom. The Balaban J connectivity index is 1.41. The van der Waals surface area contributed by atoms with Gasteiger partial charge in [0.15, 0.2) is 11.6 Å². The van der Waals surface area contributed by atoms with Crippen LogP contribution in [0.25, 0.3) is 0 Å². The summed E-state index contributed by atoms with van der Waals surface area (Å²) in [5, 5.41) is 24.8. The lowest BCUT2D eigenvalue weighted by Crippen LogP contribution is -2.48. The molecule has 2 unspecified atom stereocenters. The molecule has 4 rings (SSSR count). The van der Waals surface area contributed by atoms with Crippen molar-refractivity contribution in [1.29, 1.82) is 0 Å². The van der Waals surface area contributed by atoms with E-state index in [0.717, 1.165) is 25.3 Å². The van der Waals surface area contributed by atoms with Gasteiger partial charge in [-0.1, -0.05) is 13.3 Å². The fourth-order valence-corrected chi connectivity index (χ4v) is 5.44. The molecule has 1 aliphatic heterocycles. The summed E-state index contributed by atoms with van der Waals surface area (Å²) < 4.78 is 31.4. The predicted octanol–water partition coefficient (Wildman–Crippen LogP) is 2.27. The number of nitrogens with one attached hydrogen (secondary N) is 2. The molecule has 2 saturated carbocycles. The van der Waals surface area contributed by atoms with Crippen LogP contribution in [0.2, 0.25) is 0 Å². The lowest BCUT2D eigenvalue weighted by Gasteiger charge is -2.38. The van der Waals surface area contributed by atoms with Gasteiger partial charge in [0, 0.05) is 12.6 Å². The average molecular weight is 537 g/mol. The molecule has 2 aliphatic carbocycles. The van der Waals surface area contributed by atoms with Gasteiger partial charge in [-0.15, -0.1) is 0 Å². The van der Waals surface area contributed by atoms with E-state index in [0.29, 0.717) is 19.4 Å². The smallest absolute Gasteiger partial charge is 0.311 e. The second-order valence-corrected chi connectivity index (χ2v) is 11.1. The van der Waals surface area contributed by atoms with Gasteiger partial charge in [0.25, 0.3) is 5.91 Å². The number of carbonyl (C=O) groups is 3. The maximum atomic E-state index is 14.8. The van der Waals surface area contributed by atoms with E-state index in [2.05, 4.69) is 17.6 Å². The molecular formula is C27H37FN2O8. The van der Waals surface area contributed by atoms with E-state index in [-0.39, 0.29) is 54.4 Å². The summed E-state index contributed by atoms with van der Waals surface area (Å²) in [6.45, 7) is 2.62. The first kappa shape index (κ1) is 28.1. The van der Waals surface area contributed by atoms with Crippen molar-refractivity contribution in [2.75, 3.05) is 33.5 Å². The van der Waals surface area contributed by atoms with E-state index >= 15 is 0 Å². The third kappa shape index (κ3) is 5.88. The van der Waals surface area contributed by atoms with E-state index < -0.39 is 47.8 Å². The number of benzene rings is 1. The largest absolute Gasteiger partial charge is 0.496 e. The Bertz CT molecular complexity index is 1050. The SMILES string of the molecule is COc1cc(F)c(OC2CCC(CO)(C(=O)O)CC2)cc1C(=O)NC1COCC1C(=O)NCC1(C)CCC1. The number of halogens is 1. The molecule has 10 nitrogen and oxygen atoms in total. The van der Waals surface area contributed by atoms with E-state index in [1.54, 1.807) is 0 Å². The number of rotatable bonds is 10. The zero-order valence-electron chi connectivity index (χ0n) is 21.9. The monoisotopic (exact) mass is 536 g/mol. The first-order valence-electron chi connectivity index (χ1n) is 13.1. The highest BCUT2D eigenvalue weighted by atomic mass is 19.1. The number of ether oxygens (including phenoxy) is 3. The maximum Gasteiger partial charge on any atom is 0.311 e. The van der Waals surface area contributed by atoms with Crippen LogP contribution in [0.4, 0.5) is 4.39 Å². The van der Waals surface area contributed by atoms with Crippen molar-refractivity contribution < 1.29 is 43.2 Å². The number of aliphatic hydroxyl groups is 1. The molecule has 11 heteroatoms. The highest BCUT2D eigenvalue weighted by Crippen LogP contribution is 2.40. The van der Waals surface area contributed by atoms with Crippen LogP contribution >= 0.6 is 0 Å². The van der Waals surface area contributed by atoms with Crippen LogP contribution in [0.15, 0.2) is 12.1 Å². The molecule has 0 radical (unpaired) electrons. The minimum Gasteiger partial charge on any atom is -0.496 e. The van der Waals surface area contributed by atoms with Crippen molar-refractivity contribution in [3.8, 4) is 11.5 Å². The predicted molar refractivity (Wildman–Crippen MR) is 134 cm³/mol. The molecule has 1 heterocycles. The van der Waals surface area contributed by atoms with Gasteiger partial charge in [0.2, 0.25) is 5.91 Å². The number of carboxylic acid groups (broad SMARTS) is 1. The van der Waals surface area contributed by atoms with Crippen molar-refractivity contribution >= 4 is 17.8 Å². The molecule has 1 aromatic rings. The number of carboxylic acids is 1. The standard InChI is InChI=1S/C27H37FN2O8/c1-26(6-3-7-26)14-29-23(32)18-12-37-13-20(18)30-24(33)17-10-22(19(28)11-21(17)36-2)38-16-4-8-27(15-31,9-5-16)25(34)35/h10-11,16,18,20,31H,3-9,12-15H2,1-2H3,(H,29,32)(H,30,33)(H,34,35). The molecule has 0 bridgehead atoms. The van der Waals surface area contributed by atoms with Crippen LogP contribution in [-0.4, -0.2) is 73.6 Å². The molecule has 1 saturated heterocycles. The van der Waals surface area contributed by atoms with Gasteiger partial charge in [-0.3, -0.25) is 14.4 Å². The number of carbonyl (C=O) groups excluding carboxylic acids is 2. The van der Waals surface area contributed by atoms with Crippen LogP contribution in [-0.2, 0) is 14.3 Å². The minimum atomic E-state index is -1.22. The van der Waals surface area contributed by atoms with Crippen LogP contribution in [0.5, 0.6) is 11.5 Å². The second-order valence-electron chi connectivity index (χ2n) is 11.1. The lowest BCUT2D eigenvalue weighted by molar-refractivity contribution is -0.155. The summed E-state index contributed by atoms with van der Waals surface area (Å²) in [4.78, 5) is 37.6. The highest BCUT2D eigenvalue weighted by molar-refractivity contribution is 5.98. The first-order valence-corrected chi connectivity index (χ1v) is 13.1. The summed E-state index contributed by atoms with van der Waals surface area (Å²) >= 11 is 0. The van der Waals surface area contributed by atoms with E-state index in [9.17, 15) is 29.0 Å². The Morgan fingerprint density at radius 3 is 2.42 bits per heavy atom. The molecule has 2 amide bonds. The second kappa shape index (κ2) is 11.4. The fourth-order valence-electron chi connectivity index (χ4n) is 5.44. The van der Waals surface area contributed by atoms with E-state index in [1.807, 2.05) is 0 Å². The van der Waals surface area contributed by atoms with Crippen molar-refractivity contribution in [2.24, 2.45) is 16.7 Å². The van der Waals surface area contributed by atoms with Crippen LogP contribution in [0, 0.1) is 22.6 Å². The summed E-state index contributed by atoms with van der Waals surface area (Å²) in [7, 11) is 1.32. The summed E-state index contributed by atoms with van der Waals surface area (Å²) in [6, 6.07) is 1.77. The number of hydrogen-bond donors (Lipinski definition) is 4. The van der Waals surface area contributed by atoms with Gasteiger partial charge >= 0.3 is 5.97 Å². The van der Waals surface area contributed by atoms with Crippen LogP contribution < -0.4 is 20.1 Å². The fraction of sp³-hybridized carbons (Fsp3) is 0.667. The first-order chi connectivity index (χ1) is 18.1. The molecule has 210 valence electrons. The molecule has 3 aliphatic rings. The third-order valence-corrected chi connectivity index (χ3v) is 8.42. The quantitative estimate of drug-likeness (QED) is 0.357. The van der Waals surface area contributed by atoms with Crippen molar-refractivity contribution in [1.82, 2.24) is 10.6 Å². The minimum absolute atomic E-state index is 0.0130. The summed E-state index contributed by atoms with van der Waals surface area (Å²) in [5.41, 5.74) is -1.05. The summed E-state index contributed by atoms with van der Waals surface area (Å²) in [5.74, 6) is -3.20. The molecule has 3 fully saturated rings. The zero-order chi connectivity index (χ0) is 27.5. The highest BCUT2D eigenvalue weighted by Gasteiger charge is 2.42. The Labute approximate surface area is 221 Å². The van der Waals surface area contributed by atoms with Gasteiger partial charge in [-0.05, 0) is 50.0 Å². The molecule has 2 atom stereocenters. The van der Waals surface area contributed by atoms with Crippen LogP contribution in [0.3, 0.4) is 0 Å². The topological polar surface area (TPSA) is 143 Å². The summed E-state index contributed by atoms with van der Waals surface area (Å²) in [6.07, 6.45) is 3.86. The Kier molecular flexibility index (Phi) is 8.46. The number of methoxy groups -OCH3 is 1. The van der Waals surface area contributed by atoms with E-state index in [1.165, 1.54) is 13.2 Å². The van der Waals surface area contributed by atoms with Gasteiger partial charge in [0.05, 0.1) is 56.0 Å². The normalized spacial score (nSPS) is 28.2. The number of aliphatic carboxylic acids is 1. The number of amides is 2. The van der Waals surface area contributed by atoms with Gasteiger partial charge in [0.1, 0.15) is 5.75 Å². The van der Waals surface area contributed by atoms with Crippen LogP contribution in [0.1, 0.15) is 62.2 Å². The molecule has 0 aromatic heterocycles. The molecule has 1 aromatic carbocycles. The van der Waals surface area contributed by atoms with Crippen molar-refractivity contribution in [3.63, 3.8) is 0 Å². The maximum absolute atomic E-state index is 14.8. The molecule has 4 N–H and O–H groups in total. The Morgan fingerprint density at radius 1 is 1.13 bits per heavy atom. The van der Waals surface area contributed by atoms with Crippen molar-refractivity contribution in [3.05, 3.63) is 23.5 Å². The van der Waals surface area contributed by atoms with Gasteiger partial charge in [-0.25, -0.2) is 4.39 Å². The molecule has 38 heavy (non-hydrogen) atoms.